The number of hydrogen-bond donors (Lipinski definition) is 1. The standard InChI is InChI=1S/C6H15N2P.I2/c7-5-6-1-3-8(9)4-2-6;1-2/h6H,1-5,7,9H2;. The van der Waals surface area contributed by atoms with Gasteiger partial charge in [-0.25, -0.2) is 0 Å². The molecule has 2 N–H and O–H groups in total. The van der Waals surface area contributed by atoms with Gasteiger partial charge in [-0.3, -0.25) is 4.67 Å². The fourth-order valence-corrected chi connectivity index (χ4v) is 1.49. The Balaban J connectivity index is 0.000000461. The molecule has 1 aliphatic rings. The zero-order valence-corrected chi connectivity index (χ0v) is 11.9. The number of halogens is 2. The second kappa shape index (κ2) is 8.41. The third-order valence-corrected chi connectivity index (χ3v) is 2.50. The number of rotatable bonds is 1. The monoisotopic (exact) mass is 400 g/mol. The molecule has 0 bridgehead atoms. The molecule has 0 saturated carbocycles. The van der Waals surface area contributed by atoms with E-state index in [4.69, 9.17) is 5.73 Å². The van der Waals surface area contributed by atoms with Gasteiger partial charge in [-0.2, -0.15) is 0 Å². The van der Waals surface area contributed by atoms with E-state index >= 15 is 0 Å². The van der Waals surface area contributed by atoms with Crippen molar-refractivity contribution >= 4 is 46.6 Å². The van der Waals surface area contributed by atoms with Crippen LogP contribution in [0.5, 0.6) is 0 Å². The molecule has 0 aliphatic carbocycles. The molecule has 0 aromatic carbocycles. The van der Waals surface area contributed by atoms with Crippen LogP contribution in [-0.2, 0) is 0 Å². The van der Waals surface area contributed by atoms with Gasteiger partial charge in [0.05, 0.1) is 0 Å². The van der Waals surface area contributed by atoms with Crippen LogP contribution < -0.4 is 5.73 Å². The highest BCUT2D eigenvalue weighted by atomic mass is 128. The van der Waals surface area contributed by atoms with Crippen LogP contribution in [0.15, 0.2) is 0 Å². The van der Waals surface area contributed by atoms with Crippen LogP contribution in [0.25, 0.3) is 0 Å². The Morgan fingerprint density at radius 1 is 1.36 bits per heavy atom. The topological polar surface area (TPSA) is 29.3 Å². The molecule has 5 heteroatoms. The van der Waals surface area contributed by atoms with Gasteiger partial charge in [0.25, 0.3) is 0 Å². The molecule has 1 unspecified atom stereocenters. The van der Waals surface area contributed by atoms with Gasteiger partial charge in [0.1, 0.15) is 0 Å². The fraction of sp³-hybridized carbons (Fsp3) is 1.00. The molecule has 1 fully saturated rings. The van der Waals surface area contributed by atoms with Gasteiger partial charge >= 0.3 is 0 Å². The zero-order valence-electron chi connectivity index (χ0n) is 6.47. The molecule has 0 aromatic rings. The Labute approximate surface area is 94.6 Å². The third kappa shape index (κ3) is 5.96. The zero-order chi connectivity index (χ0) is 8.69. The lowest BCUT2D eigenvalue weighted by Crippen LogP contribution is -2.29. The highest BCUT2D eigenvalue weighted by Gasteiger charge is 2.14. The quantitative estimate of drug-likeness (QED) is 0.541. The number of nitrogens with two attached hydrogens (primary N) is 1. The summed E-state index contributed by atoms with van der Waals surface area (Å²) in [5.41, 5.74) is 5.52. The van der Waals surface area contributed by atoms with Crippen molar-refractivity contribution in [1.29, 1.82) is 0 Å². The Bertz CT molecular complexity index is 86.7. The van der Waals surface area contributed by atoms with Crippen molar-refractivity contribution in [3.63, 3.8) is 0 Å². The lowest BCUT2D eigenvalue weighted by molar-refractivity contribution is 0.296. The van der Waals surface area contributed by atoms with E-state index in [0.29, 0.717) is 0 Å². The number of piperidine rings is 1. The van der Waals surface area contributed by atoms with Gasteiger partial charge in [-0.1, -0.05) is 9.39 Å². The second-order valence-electron chi connectivity index (χ2n) is 2.72. The van der Waals surface area contributed by atoms with E-state index in [0.717, 1.165) is 12.5 Å². The first-order valence-corrected chi connectivity index (χ1v) is 10.5. The van der Waals surface area contributed by atoms with E-state index in [1.807, 2.05) is 0 Å². The lowest BCUT2D eigenvalue weighted by Gasteiger charge is -2.27. The molecule has 11 heavy (non-hydrogen) atoms. The normalized spacial score (nSPS) is 20.7. The summed E-state index contributed by atoms with van der Waals surface area (Å²) in [6.45, 7) is 3.28. The first-order valence-electron chi connectivity index (χ1n) is 3.67. The summed E-state index contributed by atoms with van der Waals surface area (Å²) < 4.78 is 2.28. The fourth-order valence-electron chi connectivity index (χ4n) is 1.19. The van der Waals surface area contributed by atoms with Gasteiger partial charge in [-0.15, -0.1) is 0 Å². The van der Waals surface area contributed by atoms with Crippen LogP contribution in [0.4, 0.5) is 0 Å². The van der Waals surface area contributed by atoms with Crippen LogP contribution in [0, 0.1) is 5.92 Å². The molecule has 2 nitrogen and oxygen atoms in total. The summed E-state index contributed by atoms with van der Waals surface area (Å²) >= 11 is 4.24. The smallest absolute Gasteiger partial charge is 0.00193 e. The van der Waals surface area contributed by atoms with Crippen LogP contribution in [-0.4, -0.2) is 24.3 Å². The van der Waals surface area contributed by atoms with Crippen molar-refractivity contribution in [2.24, 2.45) is 11.7 Å². The summed E-state index contributed by atoms with van der Waals surface area (Å²) in [6.07, 6.45) is 2.56. The maximum Gasteiger partial charge on any atom is 0.00193 e. The summed E-state index contributed by atoms with van der Waals surface area (Å²) in [6, 6.07) is 0. The molecule has 1 rings (SSSR count). The largest absolute Gasteiger partial charge is 0.330 e. The molecule has 0 radical (unpaired) electrons. The van der Waals surface area contributed by atoms with E-state index in [1.165, 1.54) is 25.9 Å². The van der Waals surface area contributed by atoms with E-state index in [1.54, 1.807) is 0 Å². The number of hydrogen-bond acceptors (Lipinski definition) is 2. The van der Waals surface area contributed by atoms with Gasteiger partial charge in [0, 0.05) is 50.3 Å². The van der Waals surface area contributed by atoms with Crippen LogP contribution in [0.3, 0.4) is 0 Å². The van der Waals surface area contributed by atoms with Crippen LogP contribution in [0.1, 0.15) is 12.8 Å². The molecule has 1 aliphatic heterocycles. The highest BCUT2D eigenvalue weighted by molar-refractivity contribution is 15.0. The van der Waals surface area contributed by atoms with E-state index in [9.17, 15) is 0 Å². The highest BCUT2D eigenvalue weighted by Crippen LogP contribution is 2.17. The lowest BCUT2D eigenvalue weighted by atomic mass is 9.99. The minimum Gasteiger partial charge on any atom is -0.330 e. The SMILES string of the molecule is II.NCC1CCN(P)CC1. The van der Waals surface area contributed by atoms with Gasteiger partial charge in [0.15, 0.2) is 0 Å². The van der Waals surface area contributed by atoms with E-state index in [2.05, 4.69) is 51.3 Å². The Hall–Kier alpha value is 1.81. The number of nitrogens with zero attached hydrogens (tertiary/aromatic N) is 1. The maximum absolute atomic E-state index is 5.52. The predicted molar refractivity (Wildman–Crippen MR) is 71.1 cm³/mol. The van der Waals surface area contributed by atoms with E-state index in [-0.39, 0.29) is 0 Å². The summed E-state index contributed by atoms with van der Waals surface area (Å²) in [5.74, 6) is 0.793. The molecule has 68 valence electrons. The minimum absolute atomic E-state index is 0.793. The molecule has 0 aromatic heterocycles. The Morgan fingerprint density at radius 3 is 2.18 bits per heavy atom. The van der Waals surface area contributed by atoms with Crippen molar-refractivity contribution in [3.05, 3.63) is 0 Å². The Kier molecular flexibility index (Phi) is 9.79. The molecular formula is C6H15I2N2P. The average Bonchev–Trinajstić information content (AvgIpc) is 2.10. The predicted octanol–water partition coefficient (Wildman–Crippen LogP) is 2.22. The third-order valence-electron chi connectivity index (χ3n) is 1.98. The molecule has 1 atom stereocenters. The van der Waals surface area contributed by atoms with Crippen molar-refractivity contribution in [1.82, 2.24) is 4.67 Å². The van der Waals surface area contributed by atoms with Crippen molar-refractivity contribution in [2.75, 3.05) is 19.6 Å². The van der Waals surface area contributed by atoms with Crippen molar-refractivity contribution < 1.29 is 0 Å². The average molecular weight is 400 g/mol. The summed E-state index contributed by atoms with van der Waals surface area (Å²) in [4.78, 5) is 0. The van der Waals surface area contributed by atoms with Crippen LogP contribution >= 0.6 is 46.6 Å². The molecule has 0 amide bonds. The van der Waals surface area contributed by atoms with Crippen molar-refractivity contribution in [2.45, 2.75) is 12.8 Å². The molecule has 0 spiro atoms. The first-order chi connectivity index (χ1) is 5.33. The maximum atomic E-state index is 5.52. The molecule has 1 saturated heterocycles. The minimum atomic E-state index is 0.793. The van der Waals surface area contributed by atoms with Gasteiger partial charge < -0.3 is 5.73 Å². The summed E-state index contributed by atoms with van der Waals surface area (Å²) in [7, 11) is 2.74. The second-order valence-corrected chi connectivity index (χ2v) is 3.45. The van der Waals surface area contributed by atoms with E-state index < -0.39 is 0 Å². The van der Waals surface area contributed by atoms with Gasteiger partial charge in [-0.05, 0) is 25.3 Å². The summed E-state index contributed by atoms with van der Waals surface area (Å²) in [5, 5.41) is 0. The van der Waals surface area contributed by atoms with Gasteiger partial charge in [0.2, 0.25) is 0 Å². The molecule has 1 heterocycles. The van der Waals surface area contributed by atoms with Crippen molar-refractivity contribution in [3.8, 4) is 0 Å². The van der Waals surface area contributed by atoms with Crippen LogP contribution in [0.2, 0.25) is 0 Å². The Morgan fingerprint density at radius 2 is 1.82 bits per heavy atom. The molecular weight excluding hydrogens is 385 g/mol. The first kappa shape index (κ1) is 12.8.